The molecule has 0 fully saturated rings. The third-order valence-corrected chi connectivity index (χ3v) is 18.5. The van der Waals surface area contributed by atoms with E-state index < -0.39 is 6.85 Å². The van der Waals surface area contributed by atoms with Crippen molar-refractivity contribution >= 4 is 57.2 Å². The van der Waals surface area contributed by atoms with Gasteiger partial charge in [0.2, 0.25) is 0 Å². The summed E-state index contributed by atoms with van der Waals surface area (Å²) in [5.41, 5.74) is 22.5. The molecule has 2 nitrogen and oxygen atoms in total. The van der Waals surface area contributed by atoms with Gasteiger partial charge in [-0.2, -0.15) is 0 Å². The Bertz CT molecular complexity index is 3470. The van der Waals surface area contributed by atoms with E-state index in [2.05, 4.69) is 242 Å². The quantitative estimate of drug-likeness (QED) is 0.159. The fourth-order valence-electron chi connectivity index (χ4n) is 13.3. The highest BCUT2D eigenvalue weighted by Crippen LogP contribution is 2.54. The van der Waals surface area contributed by atoms with Crippen LogP contribution in [0.15, 0.2) is 133 Å². The van der Waals surface area contributed by atoms with Gasteiger partial charge in [-0.1, -0.05) is 196 Å². The number of nitrogens with zero attached hydrogens (tertiary/aromatic N) is 2. The predicted molar refractivity (Wildman–Crippen MR) is 317 cm³/mol. The third kappa shape index (κ3) is 7.96. The highest BCUT2D eigenvalue weighted by molar-refractivity contribution is 7.00. The average molecular weight is 964 g/mol. The van der Waals surface area contributed by atoms with Crippen molar-refractivity contribution in [2.45, 2.75) is 181 Å². The molecular weight excluding hydrogens is 880 g/mol. The Hall–Kier alpha value is -5.80. The lowest BCUT2D eigenvalue weighted by Crippen LogP contribution is -2.62. The van der Waals surface area contributed by atoms with Gasteiger partial charge in [-0.3, -0.25) is 0 Å². The lowest BCUT2D eigenvalue weighted by atomic mass is 9.33. The highest BCUT2D eigenvalue weighted by atomic mass is 15.2. The first kappa shape index (κ1) is 45.8. The summed E-state index contributed by atoms with van der Waals surface area (Å²) in [5, 5.41) is 0. The fourth-order valence-corrected chi connectivity index (χ4v) is 13.3. The molecule has 0 amide bonds. The van der Waals surface area contributed by atoms with E-state index in [1.54, 1.807) is 0 Å². The number of aryl methyl sites for hydroxylation is 1. The second-order valence-corrected chi connectivity index (χ2v) is 27.8. The highest BCUT2D eigenvalue weighted by Gasteiger charge is 2.48. The SMILES string of the molecule is [2H]C([2H])([2H])c1cc2c3c(c1)N(c1ccc(C(C)(C)C)cc1-c1ccc(C(C)(C)C)cc1)c1ccc(C(C)(C)c4ccccc4)cc1B3c1cc3c(cc1N2c1ccc2c(c1)C(C)(C)CCC2(C)C)C(C)(C)CCC3(C)C. The van der Waals surface area contributed by atoms with Crippen LogP contribution in [0.5, 0.6) is 0 Å². The smallest absolute Gasteiger partial charge is 0.252 e. The van der Waals surface area contributed by atoms with Gasteiger partial charge in [0.05, 0.1) is 5.69 Å². The molecule has 2 aliphatic heterocycles. The van der Waals surface area contributed by atoms with Gasteiger partial charge in [0.25, 0.3) is 6.71 Å². The van der Waals surface area contributed by atoms with Crippen LogP contribution in [0.3, 0.4) is 0 Å². The van der Waals surface area contributed by atoms with Crippen LogP contribution in [0, 0.1) is 6.85 Å². The molecule has 0 N–H and O–H groups in total. The van der Waals surface area contributed by atoms with Crippen molar-refractivity contribution < 1.29 is 4.11 Å². The van der Waals surface area contributed by atoms with Crippen molar-refractivity contribution in [2.75, 3.05) is 9.80 Å². The molecule has 0 spiro atoms. The van der Waals surface area contributed by atoms with E-state index in [4.69, 9.17) is 0 Å². The van der Waals surface area contributed by atoms with E-state index in [1.807, 2.05) is 12.1 Å². The number of anilines is 6. The molecule has 2 heterocycles. The maximum absolute atomic E-state index is 9.32. The van der Waals surface area contributed by atoms with Crippen molar-refractivity contribution in [1.29, 1.82) is 0 Å². The van der Waals surface area contributed by atoms with E-state index in [1.165, 1.54) is 55.4 Å². The summed E-state index contributed by atoms with van der Waals surface area (Å²) in [6.07, 6.45) is 4.41. The number of hydrogen-bond acceptors (Lipinski definition) is 2. The zero-order chi connectivity index (χ0) is 54.7. The minimum atomic E-state index is -2.39. The molecule has 0 radical (unpaired) electrons. The zero-order valence-electron chi connectivity index (χ0n) is 50.0. The van der Waals surface area contributed by atoms with Crippen LogP contribution in [0.25, 0.3) is 11.1 Å². The molecule has 7 aromatic rings. The summed E-state index contributed by atoms with van der Waals surface area (Å²) < 4.78 is 28.0. The predicted octanol–water partition coefficient (Wildman–Crippen LogP) is 17.4. The molecule has 374 valence electrons. The van der Waals surface area contributed by atoms with Crippen molar-refractivity contribution in [3.63, 3.8) is 0 Å². The molecular formula is C70H81BN2. The normalized spacial score (nSPS) is 18.8. The lowest BCUT2D eigenvalue weighted by molar-refractivity contribution is 0.332. The first-order valence-electron chi connectivity index (χ1n) is 28.9. The zero-order valence-corrected chi connectivity index (χ0v) is 47.0. The van der Waals surface area contributed by atoms with Gasteiger partial charge in [-0.25, -0.2) is 0 Å². The number of hydrogen-bond donors (Lipinski definition) is 0. The summed E-state index contributed by atoms with van der Waals surface area (Å²) >= 11 is 0. The monoisotopic (exact) mass is 964 g/mol. The molecule has 0 atom stereocenters. The molecule has 2 aliphatic carbocycles. The van der Waals surface area contributed by atoms with Gasteiger partial charge < -0.3 is 9.80 Å². The van der Waals surface area contributed by atoms with Crippen molar-refractivity contribution in [3.8, 4) is 11.1 Å². The van der Waals surface area contributed by atoms with Gasteiger partial charge in [0.1, 0.15) is 0 Å². The van der Waals surface area contributed by atoms with E-state index in [-0.39, 0.29) is 44.6 Å². The first-order valence-corrected chi connectivity index (χ1v) is 27.4. The Labute approximate surface area is 445 Å². The summed E-state index contributed by atoms with van der Waals surface area (Å²) in [4.78, 5) is 4.94. The molecule has 73 heavy (non-hydrogen) atoms. The van der Waals surface area contributed by atoms with Crippen LogP contribution >= 0.6 is 0 Å². The molecule has 0 saturated heterocycles. The maximum atomic E-state index is 9.32. The van der Waals surface area contributed by atoms with Crippen LogP contribution in [-0.2, 0) is 37.9 Å². The van der Waals surface area contributed by atoms with Crippen LogP contribution < -0.4 is 26.2 Å². The Kier molecular flexibility index (Phi) is 10.3. The average Bonchev–Trinajstić information content (AvgIpc) is 3.50. The number of benzene rings is 7. The number of fused-ring (bicyclic) bond motifs is 6. The van der Waals surface area contributed by atoms with Crippen LogP contribution in [-0.4, -0.2) is 6.71 Å². The second kappa shape index (κ2) is 16.4. The van der Waals surface area contributed by atoms with Gasteiger partial charge in [-0.15, -0.1) is 0 Å². The molecule has 0 bridgehead atoms. The van der Waals surface area contributed by atoms with Crippen LogP contribution in [0.4, 0.5) is 34.1 Å². The second-order valence-electron chi connectivity index (χ2n) is 27.8. The molecule has 11 rings (SSSR count). The van der Waals surface area contributed by atoms with Gasteiger partial charge in [-0.05, 0) is 186 Å². The minimum Gasteiger partial charge on any atom is -0.311 e. The fraction of sp³-hybridized carbons (Fsp3) is 0.400. The Balaban J connectivity index is 1.29. The van der Waals surface area contributed by atoms with E-state index in [0.717, 1.165) is 76.4 Å². The molecule has 4 aliphatic rings. The standard InChI is InChI=1S/C70H81BN2/c1-44-37-61-63-62(38-44)73(58-31-27-48(65(5,6)7)39-51(58)45-23-25-46(26-24-45)64(2,3)4)59-32-28-49(70(16,17)47-21-19-18-20-22-47)40-56(59)71(63)57-42-54-55(69(14,15)36-35-68(54,12)13)43-60(57)72(61)50-29-30-52-53(41-50)67(10,11)34-33-66(52,8)9/h18-32,37-43H,33-36H2,1-17H3/i1D3. The van der Waals surface area contributed by atoms with Crippen LogP contribution in [0.2, 0.25) is 0 Å². The van der Waals surface area contributed by atoms with Crippen molar-refractivity contribution in [2.24, 2.45) is 0 Å². The lowest BCUT2D eigenvalue weighted by Gasteiger charge is -2.48. The Morgan fingerprint density at radius 1 is 0.425 bits per heavy atom. The van der Waals surface area contributed by atoms with E-state index in [0.29, 0.717) is 5.56 Å². The first-order chi connectivity index (χ1) is 35.3. The van der Waals surface area contributed by atoms with Gasteiger partial charge in [0.15, 0.2) is 0 Å². The molecule has 3 heteroatoms. The van der Waals surface area contributed by atoms with Gasteiger partial charge >= 0.3 is 0 Å². The number of rotatable bonds is 5. The summed E-state index contributed by atoms with van der Waals surface area (Å²) in [6.45, 7) is 35.1. The maximum Gasteiger partial charge on any atom is 0.252 e. The minimum absolute atomic E-state index is 0.00809. The van der Waals surface area contributed by atoms with Gasteiger partial charge in [0, 0.05) is 43.5 Å². The largest absolute Gasteiger partial charge is 0.311 e. The summed E-state index contributed by atoms with van der Waals surface area (Å²) in [7, 11) is 0. The molecule has 0 saturated carbocycles. The Morgan fingerprint density at radius 2 is 0.945 bits per heavy atom. The molecule has 0 unspecified atom stereocenters. The van der Waals surface area contributed by atoms with E-state index in [9.17, 15) is 4.11 Å². The van der Waals surface area contributed by atoms with E-state index >= 15 is 0 Å². The third-order valence-electron chi connectivity index (χ3n) is 18.5. The Morgan fingerprint density at radius 3 is 1.55 bits per heavy atom. The van der Waals surface area contributed by atoms with Crippen molar-refractivity contribution in [3.05, 3.63) is 184 Å². The summed E-state index contributed by atoms with van der Waals surface area (Å²) in [5.74, 6) is 0. The molecule has 0 aromatic heterocycles. The van der Waals surface area contributed by atoms with Crippen LogP contribution in [0.1, 0.15) is 191 Å². The summed E-state index contributed by atoms with van der Waals surface area (Å²) in [6, 6.07) is 50.8. The topological polar surface area (TPSA) is 6.48 Å². The van der Waals surface area contributed by atoms with Crippen molar-refractivity contribution in [1.82, 2.24) is 0 Å². The molecule has 7 aromatic carbocycles.